The van der Waals surface area contributed by atoms with Gasteiger partial charge in [0.1, 0.15) is 17.5 Å². The number of aryl methyl sites for hydroxylation is 2. The second kappa shape index (κ2) is 5.63. The number of rotatable bonds is 3. The van der Waals surface area contributed by atoms with Gasteiger partial charge in [-0.1, -0.05) is 30.3 Å². The zero-order valence-electron chi connectivity index (χ0n) is 14.1. The predicted octanol–water partition coefficient (Wildman–Crippen LogP) is 2.50. The van der Waals surface area contributed by atoms with E-state index in [-0.39, 0.29) is 28.1 Å². The minimum absolute atomic E-state index is 0.179. The Kier molecular flexibility index (Phi) is 3.75. The molecule has 2 aromatic heterocycles. The SMILES string of the molecule is Cc1oc2ncn(C)c(=O)c2c1C(=O)NC(C)(C)c1ccccc1. The third-order valence-corrected chi connectivity index (χ3v) is 4.10. The lowest BCUT2D eigenvalue weighted by Gasteiger charge is -2.26. The summed E-state index contributed by atoms with van der Waals surface area (Å²) in [5.41, 5.74) is 0.484. The van der Waals surface area contributed by atoms with Crippen LogP contribution in [0.4, 0.5) is 0 Å². The number of nitrogens with zero attached hydrogens (tertiary/aromatic N) is 2. The third-order valence-electron chi connectivity index (χ3n) is 4.10. The van der Waals surface area contributed by atoms with E-state index < -0.39 is 5.54 Å². The zero-order valence-corrected chi connectivity index (χ0v) is 14.1. The first kappa shape index (κ1) is 16.0. The minimum Gasteiger partial charge on any atom is -0.442 e. The zero-order chi connectivity index (χ0) is 17.5. The highest BCUT2D eigenvalue weighted by Gasteiger charge is 2.28. The number of fused-ring (bicyclic) bond motifs is 1. The summed E-state index contributed by atoms with van der Waals surface area (Å²) in [6.07, 6.45) is 1.38. The molecular formula is C18H19N3O3. The summed E-state index contributed by atoms with van der Waals surface area (Å²) in [6, 6.07) is 9.65. The van der Waals surface area contributed by atoms with E-state index in [9.17, 15) is 9.59 Å². The largest absolute Gasteiger partial charge is 0.442 e. The topological polar surface area (TPSA) is 77.1 Å². The van der Waals surface area contributed by atoms with Crippen molar-refractivity contribution in [1.29, 1.82) is 0 Å². The molecule has 1 N–H and O–H groups in total. The summed E-state index contributed by atoms with van der Waals surface area (Å²) < 4.78 is 6.82. The molecule has 24 heavy (non-hydrogen) atoms. The lowest BCUT2D eigenvalue weighted by atomic mass is 9.94. The number of furan rings is 1. The smallest absolute Gasteiger partial charge is 0.265 e. The van der Waals surface area contributed by atoms with Crippen molar-refractivity contribution in [2.45, 2.75) is 26.3 Å². The molecule has 3 rings (SSSR count). The fraction of sp³-hybridized carbons (Fsp3) is 0.278. The Hall–Kier alpha value is -2.89. The van der Waals surface area contributed by atoms with E-state index in [0.29, 0.717) is 5.76 Å². The van der Waals surface area contributed by atoms with Gasteiger partial charge in [-0.2, -0.15) is 0 Å². The molecule has 2 heterocycles. The summed E-state index contributed by atoms with van der Waals surface area (Å²) >= 11 is 0. The van der Waals surface area contributed by atoms with Gasteiger partial charge in [-0.3, -0.25) is 9.59 Å². The van der Waals surface area contributed by atoms with Crippen LogP contribution in [0.5, 0.6) is 0 Å². The molecule has 1 aromatic carbocycles. The predicted molar refractivity (Wildman–Crippen MR) is 90.9 cm³/mol. The molecule has 0 unspecified atom stereocenters. The molecule has 0 saturated carbocycles. The number of hydrogen-bond donors (Lipinski definition) is 1. The van der Waals surface area contributed by atoms with E-state index in [1.54, 1.807) is 14.0 Å². The first-order chi connectivity index (χ1) is 11.3. The van der Waals surface area contributed by atoms with Gasteiger partial charge in [-0.15, -0.1) is 0 Å². The summed E-state index contributed by atoms with van der Waals surface area (Å²) in [6.45, 7) is 5.48. The van der Waals surface area contributed by atoms with Crippen molar-refractivity contribution in [3.63, 3.8) is 0 Å². The van der Waals surface area contributed by atoms with Gasteiger partial charge in [-0.25, -0.2) is 4.98 Å². The molecule has 124 valence electrons. The van der Waals surface area contributed by atoms with Crippen LogP contribution in [0.3, 0.4) is 0 Å². The van der Waals surface area contributed by atoms with E-state index in [2.05, 4.69) is 10.3 Å². The molecule has 0 atom stereocenters. The number of amides is 1. The maximum atomic E-state index is 12.8. The molecular weight excluding hydrogens is 306 g/mol. The average molecular weight is 325 g/mol. The standard InChI is InChI=1S/C18H19N3O3/c1-11-13(14-16(24-11)19-10-21(4)17(14)23)15(22)20-18(2,3)12-8-6-5-7-9-12/h5-10H,1-4H3,(H,20,22). The third kappa shape index (κ3) is 2.60. The molecule has 0 aliphatic heterocycles. The van der Waals surface area contributed by atoms with Crippen molar-refractivity contribution in [1.82, 2.24) is 14.9 Å². The minimum atomic E-state index is -0.595. The Morgan fingerprint density at radius 3 is 2.58 bits per heavy atom. The molecule has 0 saturated heterocycles. The average Bonchev–Trinajstić information content (AvgIpc) is 2.88. The number of carbonyl (C=O) groups excluding carboxylic acids is 1. The first-order valence-electron chi connectivity index (χ1n) is 7.64. The second-order valence-corrected chi connectivity index (χ2v) is 6.32. The van der Waals surface area contributed by atoms with Crippen LogP contribution in [-0.4, -0.2) is 15.5 Å². The summed E-state index contributed by atoms with van der Waals surface area (Å²) in [5, 5.41) is 3.19. The van der Waals surface area contributed by atoms with E-state index in [1.807, 2.05) is 44.2 Å². The fourth-order valence-electron chi connectivity index (χ4n) is 2.73. The molecule has 0 spiro atoms. The maximum Gasteiger partial charge on any atom is 0.265 e. The van der Waals surface area contributed by atoms with Crippen molar-refractivity contribution in [2.24, 2.45) is 7.05 Å². The summed E-state index contributed by atoms with van der Waals surface area (Å²) in [7, 11) is 1.59. The molecule has 6 nitrogen and oxygen atoms in total. The van der Waals surface area contributed by atoms with Gasteiger partial charge in [0.15, 0.2) is 0 Å². The van der Waals surface area contributed by atoms with Crippen molar-refractivity contribution < 1.29 is 9.21 Å². The van der Waals surface area contributed by atoms with E-state index >= 15 is 0 Å². The highest BCUT2D eigenvalue weighted by atomic mass is 16.3. The van der Waals surface area contributed by atoms with E-state index in [0.717, 1.165) is 5.56 Å². The lowest BCUT2D eigenvalue weighted by Crippen LogP contribution is -2.41. The van der Waals surface area contributed by atoms with Crippen LogP contribution in [-0.2, 0) is 12.6 Å². The van der Waals surface area contributed by atoms with Crippen LogP contribution in [0.25, 0.3) is 11.1 Å². The number of benzene rings is 1. The van der Waals surface area contributed by atoms with Crippen LogP contribution >= 0.6 is 0 Å². The molecule has 0 fully saturated rings. The molecule has 6 heteroatoms. The molecule has 0 bridgehead atoms. The van der Waals surface area contributed by atoms with Crippen LogP contribution in [0, 0.1) is 6.92 Å². The molecule has 0 aliphatic rings. The number of aromatic nitrogens is 2. The van der Waals surface area contributed by atoms with E-state index in [4.69, 9.17) is 4.42 Å². The number of hydrogen-bond acceptors (Lipinski definition) is 4. The fourth-order valence-corrected chi connectivity index (χ4v) is 2.73. The van der Waals surface area contributed by atoms with Crippen molar-refractivity contribution >= 4 is 17.0 Å². The van der Waals surface area contributed by atoms with Crippen molar-refractivity contribution in [3.8, 4) is 0 Å². The highest BCUT2D eigenvalue weighted by molar-refractivity contribution is 6.06. The molecule has 1 amide bonds. The van der Waals surface area contributed by atoms with Gasteiger partial charge in [0.2, 0.25) is 5.71 Å². The molecule has 0 radical (unpaired) electrons. The number of carbonyl (C=O) groups is 1. The Labute approximate surface area is 139 Å². The molecule has 0 aliphatic carbocycles. The van der Waals surface area contributed by atoms with Gasteiger partial charge >= 0.3 is 0 Å². The normalized spacial score (nSPS) is 11.7. The Morgan fingerprint density at radius 2 is 1.92 bits per heavy atom. The van der Waals surface area contributed by atoms with Crippen LogP contribution in [0.15, 0.2) is 45.9 Å². The van der Waals surface area contributed by atoms with Crippen molar-refractivity contribution in [3.05, 3.63) is 63.9 Å². The van der Waals surface area contributed by atoms with Crippen molar-refractivity contribution in [2.75, 3.05) is 0 Å². The quantitative estimate of drug-likeness (QED) is 0.802. The lowest BCUT2D eigenvalue weighted by molar-refractivity contribution is 0.0912. The summed E-state index contributed by atoms with van der Waals surface area (Å²) in [4.78, 5) is 29.3. The van der Waals surface area contributed by atoms with Gasteiger partial charge in [-0.05, 0) is 26.3 Å². The van der Waals surface area contributed by atoms with Gasteiger partial charge in [0.25, 0.3) is 11.5 Å². The van der Waals surface area contributed by atoms with E-state index in [1.165, 1.54) is 10.9 Å². The molecule has 3 aromatic rings. The van der Waals surface area contributed by atoms with Gasteiger partial charge < -0.3 is 14.3 Å². The Balaban J connectivity index is 2.05. The Morgan fingerprint density at radius 1 is 1.25 bits per heavy atom. The monoisotopic (exact) mass is 325 g/mol. The van der Waals surface area contributed by atoms with Gasteiger partial charge in [0, 0.05) is 7.05 Å². The van der Waals surface area contributed by atoms with Crippen LogP contribution in [0.2, 0.25) is 0 Å². The Bertz CT molecular complexity index is 968. The van der Waals surface area contributed by atoms with Crippen LogP contribution < -0.4 is 10.9 Å². The summed E-state index contributed by atoms with van der Waals surface area (Å²) in [5.74, 6) is 0.0207. The van der Waals surface area contributed by atoms with Gasteiger partial charge in [0.05, 0.1) is 11.1 Å². The first-order valence-corrected chi connectivity index (χ1v) is 7.64. The van der Waals surface area contributed by atoms with Crippen LogP contribution in [0.1, 0.15) is 35.5 Å². The number of nitrogens with one attached hydrogen (secondary N) is 1. The maximum absolute atomic E-state index is 12.8. The highest BCUT2D eigenvalue weighted by Crippen LogP contribution is 2.24. The second-order valence-electron chi connectivity index (χ2n) is 6.32.